The van der Waals surface area contributed by atoms with Crippen LogP contribution in [0.4, 0.5) is 0 Å². The number of hydroxylamine groups is 1. The lowest BCUT2D eigenvalue weighted by molar-refractivity contribution is -0.124. The molecule has 2 rings (SSSR count). The van der Waals surface area contributed by atoms with Crippen molar-refractivity contribution in [3.8, 4) is 0 Å². The number of rotatable bonds is 1. The van der Waals surface area contributed by atoms with Gasteiger partial charge < -0.3 is 0 Å². The highest BCUT2D eigenvalue weighted by Gasteiger charge is 2.24. The van der Waals surface area contributed by atoms with Gasteiger partial charge in [-0.05, 0) is 24.3 Å². The van der Waals surface area contributed by atoms with Gasteiger partial charge in [0, 0.05) is 0 Å². The van der Waals surface area contributed by atoms with Crippen molar-refractivity contribution < 1.29 is 14.4 Å². The molecule has 14 heavy (non-hydrogen) atoms. The molecule has 5 nitrogen and oxygen atoms in total. The smallest absolute Gasteiger partial charge is 0.270 e. The van der Waals surface area contributed by atoms with Crippen LogP contribution in [0, 0.1) is 0 Å². The van der Waals surface area contributed by atoms with Gasteiger partial charge in [-0.3, -0.25) is 19.4 Å². The second kappa shape index (κ2) is 3.55. The summed E-state index contributed by atoms with van der Waals surface area (Å²) in [5.41, 5.74) is 2.81. The van der Waals surface area contributed by atoms with Gasteiger partial charge in [-0.1, -0.05) is 0 Å². The normalized spacial score (nSPS) is 25.4. The standard InChI is InChI=1S/C9H8N2O3/c12-7-3-1-6(2-4-7)10-8-5-14-11-9(8)13/h1-4,8H,5H2,(H,11,13). The quantitative estimate of drug-likeness (QED) is 0.572. The highest BCUT2D eigenvalue weighted by molar-refractivity contribution is 6.16. The van der Waals surface area contributed by atoms with Crippen LogP contribution in [0.1, 0.15) is 0 Å². The van der Waals surface area contributed by atoms with Gasteiger partial charge in [-0.15, -0.1) is 0 Å². The first-order valence-corrected chi connectivity index (χ1v) is 4.15. The maximum atomic E-state index is 11.1. The molecule has 0 aromatic heterocycles. The summed E-state index contributed by atoms with van der Waals surface area (Å²) >= 11 is 0. The number of amides is 1. The molecule has 1 heterocycles. The average molecular weight is 192 g/mol. The van der Waals surface area contributed by atoms with Crippen LogP contribution < -0.4 is 5.48 Å². The van der Waals surface area contributed by atoms with Crippen molar-refractivity contribution in [2.75, 3.05) is 6.61 Å². The summed E-state index contributed by atoms with van der Waals surface area (Å²) in [5, 5.41) is 0. The molecule has 0 spiro atoms. The molecule has 1 unspecified atom stereocenters. The van der Waals surface area contributed by atoms with Crippen LogP contribution >= 0.6 is 0 Å². The Kier molecular flexibility index (Phi) is 2.24. The molecule has 1 aliphatic carbocycles. The van der Waals surface area contributed by atoms with Gasteiger partial charge >= 0.3 is 0 Å². The van der Waals surface area contributed by atoms with Crippen molar-refractivity contribution in [3.63, 3.8) is 0 Å². The molecule has 1 amide bonds. The van der Waals surface area contributed by atoms with E-state index in [1.54, 1.807) is 12.2 Å². The van der Waals surface area contributed by atoms with Crippen LogP contribution in [0.5, 0.6) is 0 Å². The summed E-state index contributed by atoms with van der Waals surface area (Å²) < 4.78 is 0. The number of aliphatic imine (C=N–C) groups is 1. The molecule has 0 radical (unpaired) electrons. The fraction of sp³-hybridized carbons (Fsp3) is 0.222. The number of hydrogen-bond acceptors (Lipinski definition) is 4. The van der Waals surface area contributed by atoms with Crippen molar-refractivity contribution in [1.29, 1.82) is 0 Å². The zero-order valence-electron chi connectivity index (χ0n) is 7.27. The molecule has 0 aromatic rings. The fourth-order valence-electron chi connectivity index (χ4n) is 1.14. The van der Waals surface area contributed by atoms with Crippen LogP contribution in [-0.2, 0) is 14.4 Å². The molecule has 1 N–H and O–H groups in total. The van der Waals surface area contributed by atoms with E-state index < -0.39 is 6.04 Å². The Bertz CT molecular complexity index is 350. The van der Waals surface area contributed by atoms with E-state index in [4.69, 9.17) is 4.84 Å². The Morgan fingerprint density at radius 3 is 2.57 bits per heavy atom. The Balaban J connectivity index is 2.11. The Labute approximate surface area is 80.1 Å². The van der Waals surface area contributed by atoms with E-state index in [2.05, 4.69) is 10.5 Å². The Morgan fingerprint density at radius 1 is 1.29 bits per heavy atom. The minimum Gasteiger partial charge on any atom is -0.290 e. The molecule has 1 fully saturated rings. The molecule has 72 valence electrons. The van der Waals surface area contributed by atoms with Gasteiger partial charge in [-0.2, -0.15) is 0 Å². The largest absolute Gasteiger partial charge is 0.290 e. The van der Waals surface area contributed by atoms with Crippen molar-refractivity contribution in [3.05, 3.63) is 24.3 Å². The Morgan fingerprint density at radius 2 is 2.00 bits per heavy atom. The maximum absolute atomic E-state index is 11.1. The van der Waals surface area contributed by atoms with Crippen molar-refractivity contribution in [2.24, 2.45) is 4.99 Å². The van der Waals surface area contributed by atoms with Gasteiger partial charge in [0.25, 0.3) is 5.91 Å². The van der Waals surface area contributed by atoms with Crippen LogP contribution in [0.2, 0.25) is 0 Å². The molecule has 1 aliphatic heterocycles. The Hall–Kier alpha value is -1.75. The van der Waals surface area contributed by atoms with Crippen LogP contribution in [-0.4, -0.2) is 30.1 Å². The predicted molar refractivity (Wildman–Crippen MR) is 48.6 cm³/mol. The van der Waals surface area contributed by atoms with E-state index in [0.717, 1.165) is 0 Å². The summed E-state index contributed by atoms with van der Waals surface area (Å²) in [6, 6.07) is -0.507. The summed E-state index contributed by atoms with van der Waals surface area (Å²) in [5.74, 6) is -0.327. The van der Waals surface area contributed by atoms with Gasteiger partial charge in [-0.25, -0.2) is 5.48 Å². The van der Waals surface area contributed by atoms with Crippen LogP contribution in [0.3, 0.4) is 0 Å². The maximum Gasteiger partial charge on any atom is 0.270 e. The molecule has 0 aromatic carbocycles. The fourth-order valence-corrected chi connectivity index (χ4v) is 1.14. The van der Waals surface area contributed by atoms with E-state index in [1.165, 1.54) is 12.2 Å². The van der Waals surface area contributed by atoms with Gasteiger partial charge in [0.05, 0.1) is 5.71 Å². The topological polar surface area (TPSA) is 67.8 Å². The molecule has 0 bridgehead atoms. The first kappa shape index (κ1) is 8.83. The van der Waals surface area contributed by atoms with Gasteiger partial charge in [0.15, 0.2) is 11.8 Å². The highest BCUT2D eigenvalue weighted by atomic mass is 16.7. The number of carbonyl (C=O) groups excluding carboxylic acids is 2. The average Bonchev–Trinajstić information content (AvgIpc) is 2.56. The minimum absolute atomic E-state index is 0.0731. The SMILES string of the molecule is O=C1C=CC(=NC2CONC2=O)C=C1. The number of carbonyl (C=O) groups is 2. The van der Waals surface area contributed by atoms with E-state index in [1.807, 2.05) is 0 Å². The molecule has 5 heteroatoms. The molecule has 2 aliphatic rings. The van der Waals surface area contributed by atoms with Crippen molar-refractivity contribution in [1.82, 2.24) is 5.48 Å². The van der Waals surface area contributed by atoms with E-state index in [0.29, 0.717) is 5.71 Å². The molecular weight excluding hydrogens is 184 g/mol. The molecule has 0 saturated carbocycles. The number of nitrogens with one attached hydrogen (secondary N) is 1. The molecular formula is C9H8N2O3. The third-order valence-corrected chi connectivity index (χ3v) is 1.86. The van der Waals surface area contributed by atoms with Crippen molar-refractivity contribution in [2.45, 2.75) is 6.04 Å². The van der Waals surface area contributed by atoms with E-state index >= 15 is 0 Å². The predicted octanol–water partition coefficient (Wildman–Crippen LogP) is -0.448. The second-order valence-corrected chi connectivity index (χ2v) is 2.92. The summed E-state index contributed by atoms with van der Waals surface area (Å²) in [6.07, 6.45) is 5.97. The van der Waals surface area contributed by atoms with Gasteiger partial charge in [0.2, 0.25) is 0 Å². The number of allylic oxidation sites excluding steroid dienone is 4. The van der Waals surface area contributed by atoms with Crippen molar-refractivity contribution >= 4 is 17.4 Å². The minimum atomic E-state index is -0.507. The van der Waals surface area contributed by atoms with E-state index in [-0.39, 0.29) is 18.3 Å². The summed E-state index contributed by atoms with van der Waals surface area (Å²) in [4.78, 5) is 30.6. The molecule has 1 saturated heterocycles. The lowest BCUT2D eigenvalue weighted by atomic mass is 10.1. The highest BCUT2D eigenvalue weighted by Crippen LogP contribution is 2.03. The lowest BCUT2D eigenvalue weighted by Crippen LogP contribution is -2.22. The zero-order chi connectivity index (χ0) is 9.97. The van der Waals surface area contributed by atoms with Gasteiger partial charge in [0.1, 0.15) is 6.61 Å². The first-order chi connectivity index (χ1) is 6.75. The lowest BCUT2D eigenvalue weighted by Gasteiger charge is -2.01. The second-order valence-electron chi connectivity index (χ2n) is 2.92. The zero-order valence-corrected chi connectivity index (χ0v) is 7.27. The van der Waals surface area contributed by atoms with Crippen LogP contribution in [0.25, 0.3) is 0 Å². The van der Waals surface area contributed by atoms with E-state index in [9.17, 15) is 9.59 Å². The first-order valence-electron chi connectivity index (χ1n) is 4.15. The third-order valence-electron chi connectivity index (χ3n) is 1.86. The number of ketones is 1. The third kappa shape index (κ3) is 1.77. The van der Waals surface area contributed by atoms with Crippen LogP contribution in [0.15, 0.2) is 29.3 Å². The molecule has 1 atom stereocenters. The summed E-state index contributed by atoms with van der Waals surface area (Å²) in [6.45, 7) is 0.234. The number of hydrogen-bond donors (Lipinski definition) is 1. The summed E-state index contributed by atoms with van der Waals surface area (Å²) in [7, 11) is 0. The monoisotopic (exact) mass is 192 g/mol. The number of nitrogens with zero attached hydrogens (tertiary/aromatic N) is 1.